The van der Waals surface area contributed by atoms with Gasteiger partial charge < -0.3 is 10.4 Å². The fraction of sp³-hybridized carbons (Fsp3) is 0.0870. The van der Waals surface area contributed by atoms with Gasteiger partial charge in [-0.15, -0.1) is 0 Å². The molecule has 156 valence electrons. The Balaban J connectivity index is 1.84. The number of rotatable bonds is 5. The van der Waals surface area contributed by atoms with Crippen molar-refractivity contribution in [1.82, 2.24) is 9.38 Å². The van der Waals surface area contributed by atoms with E-state index in [0.717, 1.165) is 11.6 Å². The summed E-state index contributed by atoms with van der Waals surface area (Å²) in [6.07, 6.45) is 1.48. The normalized spacial score (nSPS) is 12.0. The van der Waals surface area contributed by atoms with Gasteiger partial charge in [-0.3, -0.25) is 9.20 Å². The number of pyridine rings is 1. The second kappa shape index (κ2) is 8.20. The van der Waals surface area contributed by atoms with Gasteiger partial charge in [-0.05, 0) is 31.2 Å². The molecule has 31 heavy (non-hydrogen) atoms. The molecule has 0 spiro atoms. The highest BCUT2D eigenvalue weighted by Crippen LogP contribution is 2.28. The number of aromatic carboxylic acids is 1. The highest BCUT2D eigenvalue weighted by Gasteiger charge is 2.18. The average Bonchev–Trinajstić information content (AvgIpc) is 2.75. The summed E-state index contributed by atoms with van der Waals surface area (Å²) in [5.41, 5.74) is 2.00. The fourth-order valence-corrected chi connectivity index (χ4v) is 3.61. The highest BCUT2D eigenvalue weighted by molar-refractivity contribution is 6.30. The standard InChI is InChI=1S/C23H17ClFN3O3/c1-13(26-19-8-7-16(25)10-18(19)23(30)31)17-9-15(24)12-28-21(29)11-20(27-22(17)28)14-5-3-2-4-6-14/h2-13,26H,1H3,(H,30,31)/t13-/m1/s1. The minimum absolute atomic E-state index is 0.201. The number of nitrogens with zero attached hydrogens (tertiary/aromatic N) is 2. The van der Waals surface area contributed by atoms with Gasteiger partial charge in [0.1, 0.15) is 11.5 Å². The number of halogens is 2. The van der Waals surface area contributed by atoms with Gasteiger partial charge in [0.15, 0.2) is 0 Å². The monoisotopic (exact) mass is 437 g/mol. The van der Waals surface area contributed by atoms with Gasteiger partial charge in [0.05, 0.1) is 22.3 Å². The lowest BCUT2D eigenvalue weighted by molar-refractivity contribution is 0.0697. The zero-order chi connectivity index (χ0) is 22.1. The Morgan fingerprint density at radius 1 is 1.16 bits per heavy atom. The van der Waals surface area contributed by atoms with Gasteiger partial charge in [0.2, 0.25) is 0 Å². The van der Waals surface area contributed by atoms with Crippen LogP contribution in [0.1, 0.15) is 28.9 Å². The van der Waals surface area contributed by atoms with Crippen molar-refractivity contribution in [2.45, 2.75) is 13.0 Å². The van der Waals surface area contributed by atoms with Gasteiger partial charge in [0, 0.05) is 29.1 Å². The number of carboxylic acids is 1. The lowest BCUT2D eigenvalue weighted by Crippen LogP contribution is -2.18. The summed E-state index contributed by atoms with van der Waals surface area (Å²) >= 11 is 6.24. The molecule has 6 nitrogen and oxygen atoms in total. The zero-order valence-corrected chi connectivity index (χ0v) is 17.1. The number of nitrogens with one attached hydrogen (secondary N) is 1. The van der Waals surface area contributed by atoms with Crippen LogP contribution in [0.4, 0.5) is 10.1 Å². The minimum Gasteiger partial charge on any atom is -0.478 e. The van der Waals surface area contributed by atoms with Crippen molar-refractivity contribution in [1.29, 1.82) is 0 Å². The third kappa shape index (κ3) is 4.13. The molecule has 0 amide bonds. The first-order valence-electron chi connectivity index (χ1n) is 9.41. The maximum absolute atomic E-state index is 13.5. The van der Waals surface area contributed by atoms with E-state index in [1.807, 2.05) is 30.3 Å². The van der Waals surface area contributed by atoms with Crippen molar-refractivity contribution < 1.29 is 14.3 Å². The summed E-state index contributed by atoms with van der Waals surface area (Å²) in [6, 6.07) is 15.4. The Labute approximate surface area is 181 Å². The molecule has 0 saturated carbocycles. The predicted octanol–water partition coefficient (Wildman–Crippen LogP) is 5.03. The van der Waals surface area contributed by atoms with Crippen molar-refractivity contribution in [2.24, 2.45) is 0 Å². The largest absolute Gasteiger partial charge is 0.478 e. The lowest BCUT2D eigenvalue weighted by Gasteiger charge is -2.19. The Bertz CT molecular complexity index is 1360. The number of carboxylic acid groups (broad SMARTS) is 1. The molecule has 0 aliphatic carbocycles. The molecule has 2 heterocycles. The van der Waals surface area contributed by atoms with Gasteiger partial charge in [-0.1, -0.05) is 41.9 Å². The van der Waals surface area contributed by atoms with Crippen LogP contribution in [-0.4, -0.2) is 20.5 Å². The molecule has 4 aromatic rings. The fourth-order valence-electron chi connectivity index (χ4n) is 3.40. The van der Waals surface area contributed by atoms with Crippen LogP contribution >= 0.6 is 11.6 Å². The van der Waals surface area contributed by atoms with Crippen molar-refractivity contribution in [3.63, 3.8) is 0 Å². The van der Waals surface area contributed by atoms with Crippen LogP contribution in [0.25, 0.3) is 16.9 Å². The third-order valence-corrected chi connectivity index (χ3v) is 5.08. The molecule has 4 rings (SSSR count). The molecule has 1 atom stereocenters. The number of carbonyl (C=O) groups is 1. The van der Waals surface area contributed by atoms with Crippen LogP contribution in [0, 0.1) is 5.82 Å². The van der Waals surface area contributed by atoms with Gasteiger partial charge in [-0.25, -0.2) is 14.2 Å². The van der Waals surface area contributed by atoms with E-state index >= 15 is 0 Å². The van der Waals surface area contributed by atoms with Crippen LogP contribution in [0.3, 0.4) is 0 Å². The molecule has 0 unspecified atom stereocenters. The lowest BCUT2D eigenvalue weighted by atomic mass is 10.1. The first-order chi connectivity index (χ1) is 14.8. The second-order valence-corrected chi connectivity index (χ2v) is 7.45. The Kier molecular flexibility index (Phi) is 5.44. The Morgan fingerprint density at radius 3 is 2.61 bits per heavy atom. The Hall–Kier alpha value is -3.71. The third-order valence-electron chi connectivity index (χ3n) is 4.88. The molecule has 8 heteroatoms. The van der Waals surface area contributed by atoms with Crippen LogP contribution in [0.15, 0.2) is 71.7 Å². The summed E-state index contributed by atoms with van der Waals surface area (Å²) in [5, 5.41) is 12.8. The van der Waals surface area contributed by atoms with Gasteiger partial charge in [-0.2, -0.15) is 0 Å². The van der Waals surface area contributed by atoms with Crippen molar-refractivity contribution in [2.75, 3.05) is 5.32 Å². The van der Waals surface area contributed by atoms with Crippen molar-refractivity contribution in [3.05, 3.63) is 99.2 Å². The highest BCUT2D eigenvalue weighted by atomic mass is 35.5. The summed E-state index contributed by atoms with van der Waals surface area (Å²) in [4.78, 5) is 29.0. The molecular weight excluding hydrogens is 421 g/mol. The van der Waals surface area contributed by atoms with E-state index in [9.17, 15) is 19.1 Å². The molecule has 0 fully saturated rings. The SMILES string of the molecule is C[C@@H](Nc1ccc(F)cc1C(=O)O)c1cc(Cl)cn2c(=O)cc(-c3ccccc3)nc12. The number of hydrogen-bond donors (Lipinski definition) is 2. The predicted molar refractivity (Wildman–Crippen MR) is 117 cm³/mol. The van der Waals surface area contributed by atoms with E-state index in [1.54, 1.807) is 13.0 Å². The molecule has 0 bridgehead atoms. The molecular formula is C23H17ClFN3O3. The first-order valence-corrected chi connectivity index (χ1v) is 9.79. The average molecular weight is 438 g/mol. The van der Waals surface area contributed by atoms with Crippen LogP contribution in [0.2, 0.25) is 5.02 Å². The molecule has 0 aliphatic rings. The topological polar surface area (TPSA) is 83.7 Å². The number of anilines is 1. The summed E-state index contributed by atoms with van der Waals surface area (Å²) in [7, 11) is 0. The second-order valence-electron chi connectivity index (χ2n) is 7.01. The number of hydrogen-bond acceptors (Lipinski definition) is 4. The quantitative estimate of drug-likeness (QED) is 0.457. The van der Waals surface area contributed by atoms with E-state index in [-0.39, 0.29) is 16.8 Å². The maximum atomic E-state index is 13.5. The number of aromatic nitrogens is 2. The molecule has 2 N–H and O–H groups in total. The first kappa shape index (κ1) is 20.6. The Morgan fingerprint density at radius 2 is 1.90 bits per heavy atom. The van der Waals surface area contributed by atoms with E-state index in [2.05, 4.69) is 10.3 Å². The van der Waals surface area contributed by atoms with Crippen LogP contribution in [-0.2, 0) is 0 Å². The van der Waals surface area contributed by atoms with E-state index < -0.39 is 17.8 Å². The van der Waals surface area contributed by atoms with Crippen molar-refractivity contribution in [3.8, 4) is 11.3 Å². The molecule has 0 radical (unpaired) electrons. The van der Waals surface area contributed by atoms with Crippen molar-refractivity contribution >= 4 is 28.9 Å². The molecule has 2 aromatic carbocycles. The molecule has 0 aliphatic heterocycles. The van der Waals surface area contributed by atoms with E-state index in [1.165, 1.54) is 28.8 Å². The summed E-state index contributed by atoms with van der Waals surface area (Å²) in [6.45, 7) is 1.78. The number of fused-ring (bicyclic) bond motifs is 1. The molecule has 0 saturated heterocycles. The van der Waals surface area contributed by atoms with Gasteiger partial charge in [0.25, 0.3) is 5.56 Å². The van der Waals surface area contributed by atoms with Gasteiger partial charge >= 0.3 is 5.97 Å². The zero-order valence-electron chi connectivity index (χ0n) is 16.3. The smallest absolute Gasteiger partial charge is 0.337 e. The molecule has 2 aromatic heterocycles. The summed E-state index contributed by atoms with van der Waals surface area (Å²) in [5.74, 6) is -1.91. The van der Waals surface area contributed by atoms with Crippen LogP contribution < -0.4 is 10.9 Å². The summed E-state index contributed by atoms with van der Waals surface area (Å²) < 4.78 is 14.9. The number of benzene rings is 2. The van der Waals surface area contributed by atoms with E-state index in [4.69, 9.17) is 11.6 Å². The maximum Gasteiger partial charge on any atom is 0.337 e. The van der Waals surface area contributed by atoms with E-state index in [0.29, 0.717) is 21.9 Å². The minimum atomic E-state index is -1.26. The van der Waals surface area contributed by atoms with Crippen LogP contribution in [0.5, 0.6) is 0 Å².